The molecule has 1 N–H and O–H groups in total. The predicted octanol–water partition coefficient (Wildman–Crippen LogP) is 4.05. The van der Waals surface area contributed by atoms with Crippen LogP contribution < -0.4 is 5.32 Å². The van der Waals surface area contributed by atoms with E-state index in [1.165, 1.54) is 18.4 Å². The summed E-state index contributed by atoms with van der Waals surface area (Å²) in [6.07, 6.45) is 9.13. The number of carbonyl (C=O) groups excluding carboxylic acids is 1. The van der Waals surface area contributed by atoms with Crippen LogP contribution >= 0.6 is 11.6 Å². The molecule has 1 heterocycles. The maximum absolute atomic E-state index is 11.6. The van der Waals surface area contributed by atoms with Crippen molar-refractivity contribution in [1.29, 1.82) is 0 Å². The summed E-state index contributed by atoms with van der Waals surface area (Å²) in [5.74, 6) is 0.590. The Hall–Kier alpha value is -1.49. The average Bonchev–Trinajstić information content (AvgIpc) is 3.37. The second-order valence-corrected chi connectivity index (χ2v) is 6.79. The Bertz CT molecular complexity index is 520. The lowest BCUT2D eigenvalue weighted by molar-refractivity contribution is 0.0726. The number of aliphatic imine (C=N–C) groups is 1. The van der Waals surface area contributed by atoms with Crippen LogP contribution in [0.4, 0.5) is 4.79 Å². The van der Waals surface area contributed by atoms with E-state index in [-0.39, 0.29) is 6.09 Å². The first-order valence-corrected chi connectivity index (χ1v) is 9.25. The van der Waals surface area contributed by atoms with Crippen molar-refractivity contribution >= 4 is 22.9 Å². The van der Waals surface area contributed by atoms with Gasteiger partial charge in [0.25, 0.3) is 0 Å². The summed E-state index contributed by atoms with van der Waals surface area (Å²) >= 11 is 5.87. The van der Waals surface area contributed by atoms with Crippen molar-refractivity contribution in [3.63, 3.8) is 0 Å². The van der Waals surface area contributed by atoms with Crippen LogP contribution in [0.1, 0.15) is 46.0 Å². The lowest BCUT2D eigenvalue weighted by Gasteiger charge is -2.26. The second kappa shape index (κ2) is 9.72. The number of allylic oxidation sites excluding steroid dienone is 2. The van der Waals surface area contributed by atoms with Crippen LogP contribution in [0.25, 0.3) is 0 Å². The van der Waals surface area contributed by atoms with Gasteiger partial charge < -0.3 is 15.0 Å². The molecule has 6 heteroatoms. The van der Waals surface area contributed by atoms with Crippen molar-refractivity contribution < 1.29 is 9.53 Å². The first-order chi connectivity index (χ1) is 11.6. The van der Waals surface area contributed by atoms with E-state index in [4.69, 9.17) is 16.3 Å². The summed E-state index contributed by atoms with van der Waals surface area (Å²) in [6.45, 7) is 6.82. The second-order valence-electron chi connectivity index (χ2n) is 6.25. The minimum absolute atomic E-state index is 0.184. The highest BCUT2D eigenvalue weighted by atomic mass is 35.5. The minimum atomic E-state index is -0.184. The average molecular weight is 354 g/mol. The van der Waals surface area contributed by atoms with Crippen LogP contribution in [0.5, 0.6) is 0 Å². The van der Waals surface area contributed by atoms with Crippen molar-refractivity contribution in [3.05, 3.63) is 23.5 Å². The van der Waals surface area contributed by atoms with Gasteiger partial charge in [-0.2, -0.15) is 0 Å². The first-order valence-electron chi connectivity index (χ1n) is 8.88. The molecule has 0 spiro atoms. The summed E-state index contributed by atoms with van der Waals surface area (Å²) < 4.78 is 5.06. The molecule has 1 aliphatic heterocycles. The minimum Gasteiger partial charge on any atom is -0.449 e. The van der Waals surface area contributed by atoms with E-state index in [9.17, 15) is 4.79 Å². The van der Waals surface area contributed by atoms with Gasteiger partial charge in [0.15, 0.2) is 0 Å². The number of carbonyl (C=O) groups is 1. The number of amides is 1. The molecule has 5 nitrogen and oxygen atoms in total. The largest absolute Gasteiger partial charge is 0.449 e. The quantitative estimate of drug-likeness (QED) is 0.386. The van der Waals surface area contributed by atoms with Gasteiger partial charge in [0.1, 0.15) is 5.17 Å². The van der Waals surface area contributed by atoms with E-state index in [0.29, 0.717) is 17.7 Å². The molecule has 0 aromatic carbocycles. The van der Waals surface area contributed by atoms with Crippen molar-refractivity contribution in [3.8, 4) is 0 Å². The number of hydrogen-bond donors (Lipinski definition) is 1. The number of hydrogen-bond acceptors (Lipinski definition) is 4. The molecule has 0 unspecified atom stereocenters. The standard InChI is InChI=1S/C18H28ClN3O2/c1-3-6-17(16(15-7-8-15)13-21-14(2)19)20-9-4-10-22-11-5-12-24-18(22)23/h6,13,15,20H,3-5,7-12H2,1-2H3/b16-13-,17-6-,21-14?. The number of nitrogens with zero attached hydrogens (tertiary/aromatic N) is 2. The fourth-order valence-electron chi connectivity index (χ4n) is 2.74. The molecule has 134 valence electrons. The Morgan fingerprint density at radius 2 is 2.29 bits per heavy atom. The molecular formula is C18H28ClN3O2. The zero-order chi connectivity index (χ0) is 17.4. The number of nitrogens with one attached hydrogen (secondary N) is 1. The molecule has 0 aromatic heterocycles. The highest BCUT2D eigenvalue weighted by molar-refractivity contribution is 6.64. The zero-order valence-corrected chi connectivity index (χ0v) is 15.4. The molecule has 24 heavy (non-hydrogen) atoms. The van der Waals surface area contributed by atoms with Crippen LogP contribution in [-0.2, 0) is 4.74 Å². The summed E-state index contributed by atoms with van der Waals surface area (Å²) in [6, 6.07) is 0. The fraction of sp³-hybridized carbons (Fsp3) is 0.667. The Morgan fingerprint density at radius 3 is 2.92 bits per heavy atom. The maximum atomic E-state index is 11.6. The molecule has 1 saturated carbocycles. The van der Waals surface area contributed by atoms with E-state index >= 15 is 0 Å². The maximum Gasteiger partial charge on any atom is 0.409 e. The van der Waals surface area contributed by atoms with Crippen molar-refractivity contribution in [2.45, 2.75) is 46.0 Å². The Balaban J connectivity index is 1.86. The summed E-state index contributed by atoms with van der Waals surface area (Å²) in [5.41, 5.74) is 2.40. The molecule has 1 saturated heterocycles. The Kier molecular flexibility index (Phi) is 7.63. The van der Waals surface area contributed by atoms with E-state index < -0.39 is 0 Å². The Morgan fingerprint density at radius 1 is 1.50 bits per heavy atom. The molecule has 1 aliphatic carbocycles. The van der Waals surface area contributed by atoms with Crippen LogP contribution in [0, 0.1) is 5.92 Å². The van der Waals surface area contributed by atoms with Crippen molar-refractivity contribution in [2.24, 2.45) is 10.9 Å². The molecule has 0 atom stereocenters. The fourth-order valence-corrected chi connectivity index (χ4v) is 2.79. The van der Waals surface area contributed by atoms with E-state index in [0.717, 1.165) is 44.6 Å². The molecule has 0 bridgehead atoms. The van der Waals surface area contributed by atoms with E-state index in [2.05, 4.69) is 23.3 Å². The lowest BCUT2D eigenvalue weighted by atomic mass is 10.1. The van der Waals surface area contributed by atoms with E-state index in [1.807, 2.05) is 6.20 Å². The summed E-state index contributed by atoms with van der Waals surface area (Å²) in [4.78, 5) is 17.7. The van der Waals surface area contributed by atoms with Gasteiger partial charge in [-0.3, -0.25) is 0 Å². The molecule has 1 amide bonds. The molecule has 2 aliphatic rings. The van der Waals surface area contributed by atoms with Gasteiger partial charge in [-0.1, -0.05) is 24.6 Å². The SMILES string of the molecule is CC/C=C(NCCCN1CCCOC1=O)/C(=C\N=C(C)Cl)C1CC1. The number of halogens is 1. The Labute approximate surface area is 149 Å². The molecule has 0 radical (unpaired) electrons. The highest BCUT2D eigenvalue weighted by Gasteiger charge is 2.28. The summed E-state index contributed by atoms with van der Waals surface area (Å²) in [7, 11) is 0. The summed E-state index contributed by atoms with van der Waals surface area (Å²) in [5, 5.41) is 4.07. The topological polar surface area (TPSA) is 53.9 Å². The van der Waals surface area contributed by atoms with E-state index in [1.54, 1.807) is 11.8 Å². The lowest BCUT2D eigenvalue weighted by Crippen LogP contribution is -2.39. The van der Waals surface area contributed by atoms with Crippen molar-refractivity contribution in [2.75, 3.05) is 26.2 Å². The van der Waals surface area contributed by atoms with Crippen LogP contribution in [-0.4, -0.2) is 42.4 Å². The van der Waals surface area contributed by atoms with Gasteiger partial charge >= 0.3 is 6.09 Å². The number of rotatable bonds is 9. The van der Waals surface area contributed by atoms with Gasteiger partial charge in [-0.25, -0.2) is 9.79 Å². The van der Waals surface area contributed by atoms with Gasteiger partial charge in [0.2, 0.25) is 0 Å². The van der Waals surface area contributed by atoms with Gasteiger partial charge in [-0.15, -0.1) is 0 Å². The third-order valence-corrected chi connectivity index (χ3v) is 4.19. The normalized spacial score (nSPS) is 20.2. The van der Waals surface area contributed by atoms with Crippen LogP contribution in [0.3, 0.4) is 0 Å². The molecule has 2 rings (SSSR count). The third kappa shape index (κ3) is 6.19. The smallest absolute Gasteiger partial charge is 0.409 e. The van der Waals surface area contributed by atoms with Crippen LogP contribution in [0.2, 0.25) is 0 Å². The van der Waals surface area contributed by atoms with Gasteiger partial charge in [0.05, 0.1) is 6.61 Å². The number of cyclic esters (lactones) is 1. The molecular weight excluding hydrogens is 326 g/mol. The van der Waals surface area contributed by atoms with Gasteiger partial charge in [0, 0.05) is 31.5 Å². The monoisotopic (exact) mass is 353 g/mol. The molecule has 0 aromatic rings. The van der Waals surface area contributed by atoms with Gasteiger partial charge in [-0.05, 0) is 50.5 Å². The third-order valence-electron chi connectivity index (χ3n) is 4.09. The van der Waals surface area contributed by atoms with Crippen LogP contribution in [0.15, 0.2) is 28.5 Å². The predicted molar refractivity (Wildman–Crippen MR) is 98.3 cm³/mol. The number of ether oxygens (including phenoxy) is 1. The highest BCUT2D eigenvalue weighted by Crippen LogP contribution is 2.39. The van der Waals surface area contributed by atoms with Crippen molar-refractivity contribution in [1.82, 2.24) is 10.2 Å². The first kappa shape index (κ1) is 18.8. The zero-order valence-electron chi connectivity index (χ0n) is 14.7. The molecule has 2 fully saturated rings.